The second-order valence-corrected chi connectivity index (χ2v) is 9.66. The van der Waals surface area contributed by atoms with E-state index in [1.807, 2.05) is 6.26 Å². The molecule has 0 amide bonds. The van der Waals surface area contributed by atoms with Crippen molar-refractivity contribution >= 4 is 0 Å². The minimum atomic E-state index is -0.576. The Kier molecular flexibility index (Phi) is 3.03. The smallest absolute Gasteiger partial charge is 0.145 e. The van der Waals surface area contributed by atoms with E-state index in [0.717, 1.165) is 25.0 Å². The predicted octanol–water partition coefficient (Wildman–Crippen LogP) is 3.10. The van der Waals surface area contributed by atoms with Crippen LogP contribution in [0.15, 0.2) is 22.3 Å². The van der Waals surface area contributed by atoms with Gasteiger partial charge in [0, 0.05) is 7.11 Å². The van der Waals surface area contributed by atoms with Crippen LogP contribution in [0.3, 0.4) is 0 Å². The molecule has 3 aliphatic carbocycles. The number of epoxide rings is 2. The molecule has 2 aliphatic heterocycles. The van der Waals surface area contributed by atoms with Gasteiger partial charge in [0.1, 0.15) is 35.8 Å². The fraction of sp³-hybridized carbons (Fsp3) is 0.727. The van der Waals surface area contributed by atoms with Gasteiger partial charge in [-0.2, -0.15) is 0 Å². The molecular formula is C22H28O5. The summed E-state index contributed by atoms with van der Waals surface area (Å²) in [5.41, 5.74) is 2.91. The summed E-state index contributed by atoms with van der Waals surface area (Å²) in [6.45, 7) is 7.15. The molecular weight excluding hydrogens is 344 g/mol. The number of hydrogen-bond acceptors (Lipinski definition) is 5. The quantitative estimate of drug-likeness (QED) is 0.652. The van der Waals surface area contributed by atoms with Gasteiger partial charge in [0.15, 0.2) is 0 Å². The van der Waals surface area contributed by atoms with Crippen molar-refractivity contribution in [1.82, 2.24) is 0 Å². The fourth-order valence-electron chi connectivity index (χ4n) is 6.75. The van der Waals surface area contributed by atoms with Gasteiger partial charge in [-0.15, -0.1) is 0 Å². The summed E-state index contributed by atoms with van der Waals surface area (Å²) in [7, 11) is 1.71. The van der Waals surface area contributed by atoms with Gasteiger partial charge in [0.25, 0.3) is 0 Å². The Labute approximate surface area is 159 Å². The van der Waals surface area contributed by atoms with Crippen LogP contribution in [0.5, 0.6) is 0 Å². The standard InChI is InChI=1S/C22H28O5/c1-11(2)21-18(26-21)8-16-20(3)6-5-12-13(9-25-15(12)10-24-4)14(20)7-17-22(16,27-17)19(21)23/h8-9,11,14,17-19,23H,5-7,10H2,1-4H3/t14-,17-,18-,19+,20-,21-,22+/m0/s1. The number of rotatable bonds is 3. The Hall–Kier alpha value is -1.14. The SMILES string of the molecule is COCc1occ2c1CC[C@]1(C)C3=C[C@@H]4O[C@]4(C(C)C)[C@@H](O)[C@@]34O[C@H]4C[C@@H]21. The lowest BCUT2D eigenvalue weighted by Crippen LogP contribution is -2.57. The zero-order valence-electron chi connectivity index (χ0n) is 16.5. The maximum atomic E-state index is 11.4. The maximum absolute atomic E-state index is 11.4. The molecule has 27 heavy (non-hydrogen) atoms. The third kappa shape index (κ3) is 1.72. The highest BCUT2D eigenvalue weighted by atomic mass is 16.7. The molecule has 1 aromatic rings. The van der Waals surface area contributed by atoms with Gasteiger partial charge in [-0.05, 0) is 53.2 Å². The Morgan fingerprint density at radius 3 is 2.89 bits per heavy atom. The molecule has 1 saturated carbocycles. The van der Waals surface area contributed by atoms with Crippen LogP contribution >= 0.6 is 0 Å². The number of fused-ring (bicyclic) bond motifs is 5. The molecule has 1 aromatic heterocycles. The lowest BCUT2D eigenvalue weighted by molar-refractivity contribution is -0.0114. The van der Waals surface area contributed by atoms with Crippen LogP contribution in [0, 0.1) is 11.3 Å². The maximum Gasteiger partial charge on any atom is 0.145 e. The normalized spacial score (nSPS) is 48.7. The van der Waals surface area contributed by atoms with Crippen LogP contribution in [-0.4, -0.2) is 41.7 Å². The van der Waals surface area contributed by atoms with Crippen LogP contribution in [0.2, 0.25) is 0 Å². The molecule has 5 nitrogen and oxygen atoms in total. The third-order valence-electron chi connectivity index (χ3n) is 8.34. The topological polar surface area (TPSA) is 67.7 Å². The molecule has 5 heteroatoms. The summed E-state index contributed by atoms with van der Waals surface area (Å²) >= 11 is 0. The number of methoxy groups -OCH3 is 1. The second-order valence-electron chi connectivity index (χ2n) is 9.66. The van der Waals surface area contributed by atoms with Crippen molar-refractivity contribution in [2.45, 2.75) is 82.1 Å². The number of ether oxygens (including phenoxy) is 3. The summed E-state index contributed by atoms with van der Waals surface area (Å²) < 4.78 is 23.6. The molecule has 146 valence electrons. The Morgan fingerprint density at radius 1 is 1.33 bits per heavy atom. The van der Waals surface area contributed by atoms with Crippen molar-refractivity contribution in [2.24, 2.45) is 11.3 Å². The van der Waals surface area contributed by atoms with E-state index in [1.165, 1.54) is 16.7 Å². The van der Waals surface area contributed by atoms with Crippen LogP contribution in [0.1, 0.15) is 56.4 Å². The molecule has 0 unspecified atom stereocenters. The van der Waals surface area contributed by atoms with Crippen LogP contribution < -0.4 is 0 Å². The number of aliphatic hydroxyl groups excluding tert-OH is 1. The van der Waals surface area contributed by atoms with E-state index >= 15 is 0 Å². The summed E-state index contributed by atoms with van der Waals surface area (Å²) in [4.78, 5) is 0. The van der Waals surface area contributed by atoms with Crippen molar-refractivity contribution in [1.29, 1.82) is 0 Å². The second kappa shape index (κ2) is 4.88. The zero-order chi connectivity index (χ0) is 18.8. The Morgan fingerprint density at radius 2 is 2.15 bits per heavy atom. The van der Waals surface area contributed by atoms with E-state index in [4.69, 9.17) is 18.6 Å². The molecule has 0 radical (unpaired) electrons. The fourth-order valence-corrected chi connectivity index (χ4v) is 6.75. The molecule has 0 bridgehead atoms. The van der Waals surface area contributed by atoms with E-state index < -0.39 is 17.3 Å². The Balaban J connectivity index is 1.45. The average Bonchev–Trinajstić information content (AvgIpc) is 3.50. The highest BCUT2D eigenvalue weighted by Crippen LogP contribution is 2.72. The van der Waals surface area contributed by atoms with E-state index in [0.29, 0.717) is 12.5 Å². The van der Waals surface area contributed by atoms with Crippen molar-refractivity contribution in [3.05, 3.63) is 34.8 Å². The van der Waals surface area contributed by atoms with Crippen LogP contribution in [0.4, 0.5) is 0 Å². The first kappa shape index (κ1) is 16.8. The molecule has 1 N–H and O–H groups in total. The van der Waals surface area contributed by atoms with Gasteiger partial charge in [-0.25, -0.2) is 0 Å². The lowest BCUT2D eigenvalue weighted by atomic mass is 9.51. The monoisotopic (exact) mass is 372 g/mol. The molecule has 1 spiro atoms. The van der Waals surface area contributed by atoms with Gasteiger partial charge >= 0.3 is 0 Å². The van der Waals surface area contributed by atoms with Crippen molar-refractivity contribution in [3.63, 3.8) is 0 Å². The van der Waals surface area contributed by atoms with Gasteiger partial charge < -0.3 is 23.7 Å². The summed E-state index contributed by atoms with van der Waals surface area (Å²) in [6, 6.07) is 0. The number of hydrogen-bond donors (Lipinski definition) is 1. The van der Waals surface area contributed by atoms with Crippen LogP contribution in [-0.2, 0) is 27.2 Å². The largest absolute Gasteiger partial charge is 0.466 e. The Bertz CT molecular complexity index is 855. The average molecular weight is 372 g/mol. The molecule has 3 heterocycles. The van der Waals surface area contributed by atoms with Crippen molar-refractivity contribution < 1.29 is 23.7 Å². The predicted molar refractivity (Wildman–Crippen MR) is 97.3 cm³/mol. The molecule has 2 saturated heterocycles. The van der Waals surface area contributed by atoms with E-state index in [1.54, 1.807) is 7.11 Å². The minimum absolute atomic E-state index is 0.0170. The molecule has 3 fully saturated rings. The molecule has 7 atom stereocenters. The van der Waals surface area contributed by atoms with Gasteiger partial charge in [-0.1, -0.05) is 26.8 Å². The van der Waals surface area contributed by atoms with E-state index in [9.17, 15) is 5.11 Å². The lowest BCUT2D eigenvalue weighted by Gasteiger charge is -2.50. The van der Waals surface area contributed by atoms with E-state index in [-0.39, 0.29) is 23.5 Å². The molecule has 0 aromatic carbocycles. The van der Waals surface area contributed by atoms with Crippen LogP contribution in [0.25, 0.3) is 0 Å². The first-order chi connectivity index (χ1) is 12.9. The highest BCUT2D eigenvalue weighted by Gasteiger charge is 2.82. The van der Waals surface area contributed by atoms with Gasteiger partial charge in [0.05, 0.1) is 12.4 Å². The highest BCUT2D eigenvalue weighted by molar-refractivity contribution is 5.53. The summed E-state index contributed by atoms with van der Waals surface area (Å²) in [6.07, 6.45) is 6.71. The first-order valence-corrected chi connectivity index (χ1v) is 10.2. The van der Waals surface area contributed by atoms with Gasteiger partial charge in [0.2, 0.25) is 0 Å². The van der Waals surface area contributed by atoms with Gasteiger partial charge in [-0.3, -0.25) is 0 Å². The number of furan rings is 1. The molecule has 6 rings (SSSR count). The minimum Gasteiger partial charge on any atom is -0.466 e. The summed E-state index contributed by atoms with van der Waals surface area (Å²) in [5, 5.41) is 11.4. The number of aliphatic hydroxyl groups is 1. The summed E-state index contributed by atoms with van der Waals surface area (Å²) in [5.74, 6) is 1.59. The zero-order valence-corrected chi connectivity index (χ0v) is 16.5. The molecule has 5 aliphatic rings. The first-order valence-electron chi connectivity index (χ1n) is 10.2. The van der Waals surface area contributed by atoms with Crippen molar-refractivity contribution in [3.8, 4) is 0 Å². The van der Waals surface area contributed by atoms with Crippen molar-refractivity contribution in [2.75, 3.05) is 7.11 Å². The third-order valence-corrected chi connectivity index (χ3v) is 8.34. The van der Waals surface area contributed by atoms with E-state index in [2.05, 4.69) is 26.8 Å².